The number of fused-ring (bicyclic) bond motifs is 1. The summed E-state index contributed by atoms with van der Waals surface area (Å²) in [4.78, 5) is 30.0. The number of hydrogen-bond donors (Lipinski definition) is 1. The zero-order valence-electron chi connectivity index (χ0n) is 16.6. The van der Waals surface area contributed by atoms with Gasteiger partial charge in [-0.1, -0.05) is 78.9 Å². The molecular weight excluding hydrogens is 370 g/mol. The second-order valence-electron chi connectivity index (χ2n) is 8.12. The third-order valence-electron chi connectivity index (χ3n) is 6.37. The van der Waals surface area contributed by atoms with E-state index in [2.05, 4.69) is 11.1 Å². The number of benzene rings is 3. The molecule has 0 radical (unpaired) electrons. The molecule has 5 rings (SSSR count). The van der Waals surface area contributed by atoms with Crippen molar-refractivity contribution in [2.24, 2.45) is 5.92 Å². The summed E-state index contributed by atoms with van der Waals surface area (Å²) in [6.07, 6.45) is 2.79. The summed E-state index contributed by atoms with van der Waals surface area (Å²) in [5, 5.41) is 1.09. The van der Waals surface area contributed by atoms with Crippen LogP contribution in [0, 0.1) is 5.92 Å². The Kier molecular flexibility index (Phi) is 4.80. The van der Waals surface area contributed by atoms with Gasteiger partial charge < -0.3 is 4.98 Å². The Morgan fingerprint density at radius 1 is 0.767 bits per heavy atom. The van der Waals surface area contributed by atoms with E-state index in [0.717, 1.165) is 22.0 Å². The first-order chi connectivity index (χ1) is 14.7. The van der Waals surface area contributed by atoms with Crippen molar-refractivity contribution < 1.29 is 9.59 Å². The van der Waals surface area contributed by atoms with Crippen LogP contribution in [-0.4, -0.2) is 16.6 Å². The van der Waals surface area contributed by atoms with E-state index >= 15 is 0 Å². The molecule has 3 aromatic carbocycles. The van der Waals surface area contributed by atoms with Gasteiger partial charge in [0.2, 0.25) is 0 Å². The van der Waals surface area contributed by atoms with Gasteiger partial charge in [0, 0.05) is 53.3 Å². The summed E-state index contributed by atoms with van der Waals surface area (Å²) in [5.41, 5.74) is 3.87. The molecule has 0 amide bonds. The average molecular weight is 393 g/mol. The lowest BCUT2D eigenvalue weighted by Crippen LogP contribution is -2.35. The molecular formula is C27H23NO2. The van der Waals surface area contributed by atoms with E-state index in [1.807, 2.05) is 85.1 Å². The van der Waals surface area contributed by atoms with Gasteiger partial charge in [0.05, 0.1) is 0 Å². The van der Waals surface area contributed by atoms with Crippen LogP contribution in [0.5, 0.6) is 0 Å². The van der Waals surface area contributed by atoms with Crippen LogP contribution in [0.2, 0.25) is 0 Å². The highest BCUT2D eigenvalue weighted by atomic mass is 16.1. The van der Waals surface area contributed by atoms with E-state index < -0.39 is 0 Å². The Morgan fingerprint density at radius 2 is 1.40 bits per heavy atom. The molecule has 3 nitrogen and oxygen atoms in total. The Labute approximate surface area is 175 Å². The molecule has 1 saturated carbocycles. The first kappa shape index (κ1) is 18.6. The highest BCUT2D eigenvalue weighted by Gasteiger charge is 2.43. The fourth-order valence-corrected chi connectivity index (χ4v) is 5.00. The van der Waals surface area contributed by atoms with Crippen molar-refractivity contribution >= 4 is 22.5 Å². The summed E-state index contributed by atoms with van der Waals surface area (Å²) in [5.74, 6) is -0.227. The quantitative estimate of drug-likeness (QED) is 0.439. The van der Waals surface area contributed by atoms with Crippen molar-refractivity contribution in [1.82, 2.24) is 4.98 Å². The molecule has 1 aliphatic rings. The summed E-state index contributed by atoms with van der Waals surface area (Å²) in [6.45, 7) is 0. The molecule has 0 aliphatic heterocycles. The molecule has 0 saturated heterocycles. The molecule has 1 fully saturated rings. The van der Waals surface area contributed by atoms with Crippen LogP contribution in [0.4, 0.5) is 0 Å². The van der Waals surface area contributed by atoms with E-state index in [1.54, 1.807) is 0 Å². The van der Waals surface area contributed by atoms with Crippen molar-refractivity contribution in [1.29, 1.82) is 0 Å². The maximum Gasteiger partial charge on any atom is 0.167 e. The van der Waals surface area contributed by atoms with Crippen LogP contribution in [0.1, 0.15) is 46.2 Å². The van der Waals surface area contributed by atoms with Crippen molar-refractivity contribution in [3.8, 4) is 0 Å². The second-order valence-corrected chi connectivity index (χ2v) is 8.12. The predicted molar refractivity (Wildman–Crippen MR) is 119 cm³/mol. The van der Waals surface area contributed by atoms with E-state index in [1.165, 1.54) is 0 Å². The minimum atomic E-state index is -0.285. The Bertz CT molecular complexity index is 1190. The summed E-state index contributed by atoms with van der Waals surface area (Å²) < 4.78 is 0. The van der Waals surface area contributed by atoms with Gasteiger partial charge in [-0.05, 0) is 17.2 Å². The number of hydrogen-bond acceptors (Lipinski definition) is 2. The molecule has 3 heteroatoms. The number of carbonyl (C=O) groups excluding carboxylic acids is 2. The van der Waals surface area contributed by atoms with E-state index in [9.17, 15) is 9.59 Å². The van der Waals surface area contributed by atoms with Gasteiger partial charge in [0.1, 0.15) is 5.78 Å². The largest absolute Gasteiger partial charge is 0.361 e. The van der Waals surface area contributed by atoms with E-state index in [0.29, 0.717) is 18.4 Å². The van der Waals surface area contributed by atoms with Gasteiger partial charge in [0.15, 0.2) is 5.78 Å². The molecule has 3 unspecified atom stereocenters. The lowest BCUT2D eigenvalue weighted by Gasteiger charge is -2.37. The number of Topliss-reactive ketones (excluding diaryl/α,β-unsaturated/α-hetero) is 2. The minimum absolute atomic E-state index is 0.118. The second kappa shape index (κ2) is 7.75. The fourth-order valence-electron chi connectivity index (χ4n) is 5.00. The van der Waals surface area contributed by atoms with E-state index in [-0.39, 0.29) is 29.3 Å². The highest BCUT2D eigenvalue weighted by Crippen LogP contribution is 2.47. The molecule has 1 heterocycles. The summed E-state index contributed by atoms with van der Waals surface area (Å²) >= 11 is 0. The smallest absolute Gasteiger partial charge is 0.167 e. The van der Waals surface area contributed by atoms with Crippen LogP contribution in [0.15, 0.2) is 91.1 Å². The number of nitrogens with one attached hydrogen (secondary N) is 1. The maximum absolute atomic E-state index is 13.8. The number of ketones is 2. The summed E-state index contributed by atoms with van der Waals surface area (Å²) in [7, 11) is 0. The standard InChI is InChI=1S/C27H23NO2/c29-20-15-22(18-9-3-1-4-10-18)26(27(30)19-11-5-2-6-12-19)23(16-20)24-17-28-25-14-8-7-13-21(24)25/h1-14,17,22-23,26,28H,15-16H2. The summed E-state index contributed by atoms with van der Waals surface area (Å²) in [6, 6.07) is 27.6. The minimum Gasteiger partial charge on any atom is -0.361 e. The highest BCUT2D eigenvalue weighted by molar-refractivity contribution is 6.01. The topological polar surface area (TPSA) is 49.9 Å². The van der Waals surface area contributed by atoms with Crippen LogP contribution in [0.25, 0.3) is 10.9 Å². The van der Waals surface area contributed by atoms with Crippen molar-refractivity contribution in [3.05, 3.63) is 108 Å². The van der Waals surface area contributed by atoms with Crippen LogP contribution >= 0.6 is 0 Å². The number of para-hydroxylation sites is 1. The van der Waals surface area contributed by atoms with Crippen molar-refractivity contribution in [2.75, 3.05) is 0 Å². The number of rotatable bonds is 4. The molecule has 0 bridgehead atoms. The Hall–Kier alpha value is -3.46. The van der Waals surface area contributed by atoms with Gasteiger partial charge in [-0.2, -0.15) is 0 Å². The Morgan fingerprint density at radius 3 is 2.17 bits per heavy atom. The maximum atomic E-state index is 13.8. The molecule has 4 aromatic rings. The first-order valence-electron chi connectivity index (χ1n) is 10.4. The molecule has 148 valence electrons. The fraction of sp³-hybridized carbons (Fsp3) is 0.185. The first-order valence-corrected chi connectivity index (χ1v) is 10.4. The normalized spacial score (nSPS) is 21.6. The van der Waals surface area contributed by atoms with Gasteiger partial charge in [0.25, 0.3) is 0 Å². The van der Waals surface area contributed by atoms with Crippen LogP contribution in [0.3, 0.4) is 0 Å². The van der Waals surface area contributed by atoms with Gasteiger partial charge in [-0.25, -0.2) is 0 Å². The molecule has 30 heavy (non-hydrogen) atoms. The van der Waals surface area contributed by atoms with Gasteiger partial charge in [-0.15, -0.1) is 0 Å². The zero-order valence-corrected chi connectivity index (χ0v) is 16.6. The molecule has 1 N–H and O–H groups in total. The van der Waals surface area contributed by atoms with E-state index in [4.69, 9.17) is 0 Å². The number of carbonyl (C=O) groups is 2. The third-order valence-corrected chi connectivity index (χ3v) is 6.37. The molecule has 3 atom stereocenters. The average Bonchev–Trinajstić information content (AvgIpc) is 3.23. The van der Waals surface area contributed by atoms with Crippen LogP contribution in [-0.2, 0) is 4.79 Å². The van der Waals surface area contributed by atoms with Crippen molar-refractivity contribution in [3.63, 3.8) is 0 Å². The molecule has 1 aliphatic carbocycles. The van der Waals surface area contributed by atoms with Crippen LogP contribution < -0.4 is 0 Å². The third kappa shape index (κ3) is 3.26. The van der Waals surface area contributed by atoms with Crippen molar-refractivity contribution in [2.45, 2.75) is 24.7 Å². The zero-order chi connectivity index (χ0) is 20.5. The molecule has 0 spiro atoms. The lowest BCUT2D eigenvalue weighted by molar-refractivity contribution is -0.121. The lowest BCUT2D eigenvalue weighted by atomic mass is 9.64. The SMILES string of the molecule is O=C1CC(c2ccccc2)C(C(=O)c2ccccc2)C(c2c[nH]c3ccccc23)C1. The van der Waals surface area contributed by atoms with Gasteiger partial charge in [-0.3, -0.25) is 9.59 Å². The van der Waals surface area contributed by atoms with Gasteiger partial charge >= 0.3 is 0 Å². The number of H-pyrrole nitrogens is 1. The number of aromatic amines is 1. The molecule has 1 aromatic heterocycles. The monoisotopic (exact) mass is 393 g/mol. The Balaban J connectivity index is 1.66. The number of aromatic nitrogens is 1. The predicted octanol–water partition coefficient (Wildman–Crippen LogP) is 5.90.